The largest absolute Gasteiger partial charge is 0.497 e. The minimum atomic E-state index is -0.817. The number of rotatable bonds is 7. The SMILES string of the molecule is COc1ccc(OCC(=O)NN[C@@H]2CC(=O)N(c3ccccc3)C2=O)cc1. The summed E-state index contributed by atoms with van der Waals surface area (Å²) in [5, 5.41) is 0. The Morgan fingerprint density at radius 2 is 1.74 bits per heavy atom. The van der Waals surface area contributed by atoms with Crippen molar-refractivity contribution in [2.75, 3.05) is 18.6 Å². The van der Waals surface area contributed by atoms with E-state index in [4.69, 9.17) is 9.47 Å². The van der Waals surface area contributed by atoms with Gasteiger partial charge in [0.2, 0.25) is 5.91 Å². The second-order valence-corrected chi connectivity index (χ2v) is 5.82. The molecule has 1 fully saturated rings. The minimum Gasteiger partial charge on any atom is -0.497 e. The van der Waals surface area contributed by atoms with Gasteiger partial charge in [-0.15, -0.1) is 0 Å². The highest BCUT2D eigenvalue weighted by atomic mass is 16.5. The molecule has 1 aliphatic rings. The van der Waals surface area contributed by atoms with Crippen LogP contribution in [0.2, 0.25) is 0 Å². The number of methoxy groups -OCH3 is 1. The molecule has 2 aromatic rings. The highest BCUT2D eigenvalue weighted by Gasteiger charge is 2.39. The average molecular weight is 369 g/mol. The van der Waals surface area contributed by atoms with Gasteiger partial charge in [0.15, 0.2) is 6.61 Å². The van der Waals surface area contributed by atoms with Crippen LogP contribution >= 0.6 is 0 Å². The van der Waals surface area contributed by atoms with Crippen LogP contribution in [-0.4, -0.2) is 37.5 Å². The van der Waals surface area contributed by atoms with Crippen molar-refractivity contribution in [3.8, 4) is 11.5 Å². The van der Waals surface area contributed by atoms with Gasteiger partial charge >= 0.3 is 0 Å². The smallest absolute Gasteiger partial charge is 0.272 e. The summed E-state index contributed by atoms with van der Waals surface area (Å²) in [6, 6.07) is 14.6. The van der Waals surface area contributed by atoms with Gasteiger partial charge in [-0.25, -0.2) is 10.3 Å². The number of nitrogens with one attached hydrogen (secondary N) is 2. The van der Waals surface area contributed by atoms with Crippen LogP contribution in [-0.2, 0) is 14.4 Å². The third-order valence-corrected chi connectivity index (χ3v) is 3.98. The van der Waals surface area contributed by atoms with Crippen LogP contribution in [0, 0.1) is 0 Å². The van der Waals surface area contributed by atoms with E-state index in [2.05, 4.69) is 10.9 Å². The first-order chi connectivity index (χ1) is 13.1. The number of carbonyl (C=O) groups excluding carboxylic acids is 3. The van der Waals surface area contributed by atoms with Gasteiger partial charge in [-0.05, 0) is 36.4 Å². The molecule has 1 heterocycles. The maximum Gasteiger partial charge on any atom is 0.272 e. The van der Waals surface area contributed by atoms with Crippen LogP contribution in [0.1, 0.15) is 6.42 Å². The number of amides is 3. The molecule has 0 saturated carbocycles. The van der Waals surface area contributed by atoms with E-state index in [1.807, 2.05) is 0 Å². The van der Waals surface area contributed by atoms with Crippen molar-refractivity contribution in [3.05, 3.63) is 54.6 Å². The zero-order chi connectivity index (χ0) is 19.2. The van der Waals surface area contributed by atoms with E-state index in [1.165, 1.54) is 0 Å². The van der Waals surface area contributed by atoms with E-state index in [1.54, 1.807) is 61.7 Å². The summed E-state index contributed by atoms with van der Waals surface area (Å²) in [7, 11) is 1.56. The number of imide groups is 1. The molecule has 2 N–H and O–H groups in total. The molecule has 27 heavy (non-hydrogen) atoms. The van der Waals surface area contributed by atoms with Crippen LogP contribution in [0.5, 0.6) is 11.5 Å². The van der Waals surface area contributed by atoms with Crippen LogP contribution in [0.3, 0.4) is 0 Å². The normalized spacial score (nSPS) is 16.3. The number of hydrazine groups is 1. The zero-order valence-electron chi connectivity index (χ0n) is 14.7. The number of carbonyl (C=O) groups is 3. The maximum absolute atomic E-state index is 12.4. The van der Waals surface area contributed by atoms with Crippen LogP contribution in [0.15, 0.2) is 54.6 Å². The first-order valence-corrected chi connectivity index (χ1v) is 8.31. The molecule has 8 heteroatoms. The number of ether oxygens (including phenoxy) is 2. The van der Waals surface area contributed by atoms with E-state index in [0.717, 1.165) is 4.90 Å². The molecule has 0 aliphatic carbocycles. The van der Waals surface area contributed by atoms with Gasteiger partial charge in [0.25, 0.3) is 11.8 Å². The summed E-state index contributed by atoms with van der Waals surface area (Å²) in [5.41, 5.74) is 5.51. The summed E-state index contributed by atoms with van der Waals surface area (Å²) in [6.45, 7) is -0.239. The van der Waals surface area contributed by atoms with Gasteiger partial charge in [0, 0.05) is 0 Å². The average Bonchev–Trinajstić information content (AvgIpc) is 2.99. The fourth-order valence-corrected chi connectivity index (χ4v) is 2.62. The first kappa shape index (κ1) is 18.4. The second-order valence-electron chi connectivity index (χ2n) is 5.82. The monoisotopic (exact) mass is 369 g/mol. The van der Waals surface area contributed by atoms with Crippen molar-refractivity contribution in [2.24, 2.45) is 0 Å². The molecule has 0 radical (unpaired) electrons. The van der Waals surface area contributed by atoms with Crippen molar-refractivity contribution in [1.29, 1.82) is 0 Å². The summed E-state index contributed by atoms with van der Waals surface area (Å²) in [4.78, 5) is 37.5. The van der Waals surface area contributed by atoms with E-state index in [9.17, 15) is 14.4 Å². The van der Waals surface area contributed by atoms with Crippen LogP contribution < -0.4 is 25.2 Å². The van der Waals surface area contributed by atoms with Gasteiger partial charge in [0.1, 0.15) is 17.5 Å². The lowest BCUT2D eigenvalue weighted by molar-refractivity contribution is -0.125. The Morgan fingerprint density at radius 1 is 1.07 bits per heavy atom. The maximum atomic E-state index is 12.4. The third kappa shape index (κ3) is 4.42. The Kier molecular flexibility index (Phi) is 5.68. The molecular weight excluding hydrogens is 350 g/mol. The Hall–Kier alpha value is -3.39. The molecule has 3 rings (SSSR count). The third-order valence-electron chi connectivity index (χ3n) is 3.98. The molecule has 0 unspecified atom stereocenters. The highest BCUT2D eigenvalue weighted by molar-refractivity contribution is 6.22. The molecule has 2 aromatic carbocycles. The molecular formula is C19H19N3O5. The van der Waals surface area contributed by atoms with Crippen molar-refractivity contribution < 1.29 is 23.9 Å². The lowest BCUT2D eigenvalue weighted by Crippen LogP contribution is -2.49. The summed E-state index contributed by atoms with van der Waals surface area (Å²) >= 11 is 0. The topological polar surface area (TPSA) is 97.0 Å². The zero-order valence-corrected chi connectivity index (χ0v) is 14.7. The molecule has 1 atom stereocenters. The fourth-order valence-electron chi connectivity index (χ4n) is 2.62. The number of para-hydroxylation sites is 1. The van der Waals surface area contributed by atoms with Crippen LogP contribution in [0.4, 0.5) is 5.69 Å². The van der Waals surface area contributed by atoms with E-state index < -0.39 is 17.9 Å². The van der Waals surface area contributed by atoms with E-state index in [0.29, 0.717) is 17.2 Å². The van der Waals surface area contributed by atoms with Gasteiger partial charge < -0.3 is 9.47 Å². The lowest BCUT2D eigenvalue weighted by atomic mass is 10.2. The summed E-state index contributed by atoms with van der Waals surface area (Å²) in [6.07, 6.45) is -0.0344. The Bertz CT molecular complexity index is 823. The van der Waals surface area contributed by atoms with Crippen molar-refractivity contribution in [1.82, 2.24) is 10.9 Å². The highest BCUT2D eigenvalue weighted by Crippen LogP contribution is 2.22. The number of anilines is 1. The number of hydrogen-bond donors (Lipinski definition) is 2. The predicted octanol–water partition coefficient (Wildman–Crippen LogP) is 1.03. The minimum absolute atomic E-state index is 0.0344. The number of benzene rings is 2. The lowest BCUT2D eigenvalue weighted by Gasteiger charge is -2.16. The summed E-state index contributed by atoms with van der Waals surface area (Å²) in [5.74, 6) is -0.0200. The molecule has 8 nitrogen and oxygen atoms in total. The molecule has 1 aliphatic heterocycles. The standard InChI is InChI=1S/C19H19N3O5/c1-26-14-7-9-15(10-8-14)27-12-17(23)21-20-16-11-18(24)22(19(16)25)13-5-3-2-4-6-13/h2-10,16,20H,11-12H2,1H3,(H,21,23)/t16-/m1/s1. The van der Waals surface area contributed by atoms with Crippen molar-refractivity contribution >= 4 is 23.4 Å². The summed E-state index contributed by atoms with van der Waals surface area (Å²) < 4.78 is 10.4. The van der Waals surface area contributed by atoms with Gasteiger partial charge in [0.05, 0.1) is 19.2 Å². The quantitative estimate of drug-likeness (QED) is 0.559. The Labute approximate surface area is 156 Å². The Morgan fingerprint density at radius 3 is 2.41 bits per heavy atom. The molecule has 140 valence electrons. The molecule has 0 bridgehead atoms. The molecule has 0 aromatic heterocycles. The molecule has 0 spiro atoms. The van der Waals surface area contributed by atoms with Gasteiger partial charge in [-0.1, -0.05) is 18.2 Å². The van der Waals surface area contributed by atoms with E-state index >= 15 is 0 Å². The number of nitrogens with zero attached hydrogens (tertiary/aromatic N) is 1. The van der Waals surface area contributed by atoms with Gasteiger partial charge in [-0.3, -0.25) is 19.8 Å². The van der Waals surface area contributed by atoms with Crippen molar-refractivity contribution in [2.45, 2.75) is 12.5 Å². The second kappa shape index (κ2) is 8.33. The predicted molar refractivity (Wildman–Crippen MR) is 97.1 cm³/mol. The van der Waals surface area contributed by atoms with Gasteiger partial charge in [-0.2, -0.15) is 0 Å². The van der Waals surface area contributed by atoms with E-state index in [-0.39, 0.29) is 18.9 Å². The molecule has 3 amide bonds. The Balaban J connectivity index is 1.48. The van der Waals surface area contributed by atoms with Crippen molar-refractivity contribution in [3.63, 3.8) is 0 Å². The number of hydrogen-bond acceptors (Lipinski definition) is 6. The molecule has 1 saturated heterocycles. The first-order valence-electron chi connectivity index (χ1n) is 8.31. The fraction of sp³-hybridized carbons (Fsp3) is 0.211. The van der Waals surface area contributed by atoms with Crippen LogP contribution in [0.25, 0.3) is 0 Å².